The van der Waals surface area contributed by atoms with Gasteiger partial charge in [0.2, 0.25) is 0 Å². The number of hydrogen-bond donors (Lipinski definition) is 0. The van der Waals surface area contributed by atoms with Gasteiger partial charge < -0.3 is 0 Å². The van der Waals surface area contributed by atoms with E-state index < -0.39 is 0 Å². The van der Waals surface area contributed by atoms with Crippen molar-refractivity contribution in [2.24, 2.45) is 0 Å². The highest BCUT2D eigenvalue weighted by molar-refractivity contribution is 5.20. The Hall–Kier alpha value is -1.11. The second kappa shape index (κ2) is 4.94. The first-order chi connectivity index (χ1) is 6.97. The molecule has 0 saturated carbocycles. The summed E-state index contributed by atoms with van der Waals surface area (Å²) in [4.78, 5) is 4.18. The predicted molar refractivity (Wildman–Crippen MR) is 59.2 cm³/mol. The lowest BCUT2D eigenvalue weighted by Crippen LogP contribution is -1.98. The van der Waals surface area contributed by atoms with Crippen molar-refractivity contribution < 1.29 is 0 Å². The van der Waals surface area contributed by atoms with Crippen LogP contribution < -0.4 is 0 Å². The van der Waals surface area contributed by atoms with Crippen LogP contribution in [0.3, 0.4) is 0 Å². The Labute approximate surface area is 85.9 Å². The van der Waals surface area contributed by atoms with Crippen LogP contribution in [0.5, 0.6) is 0 Å². The second-order valence-corrected chi connectivity index (χ2v) is 3.96. The number of nitrogens with zero attached hydrogens (tertiary/aromatic N) is 1. The van der Waals surface area contributed by atoms with Gasteiger partial charge in [-0.25, -0.2) is 0 Å². The van der Waals surface area contributed by atoms with Crippen molar-refractivity contribution in [1.29, 1.82) is 0 Å². The zero-order valence-electron chi connectivity index (χ0n) is 8.52. The molecule has 0 amide bonds. The molecule has 0 spiro atoms. The summed E-state index contributed by atoms with van der Waals surface area (Å²) in [6, 6.07) is 4.21. The fourth-order valence-electron chi connectivity index (χ4n) is 2.03. The van der Waals surface area contributed by atoms with E-state index in [-0.39, 0.29) is 0 Å². The average Bonchev–Trinajstić information content (AvgIpc) is 2.18. The highest BCUT2D eigenvalue weighted by atomic mass is 14.6. The van der Waals surface area contributed by atoms with Gasteiger partial charge in [0.25, 0.3) is 0 Å². The lowest BCUT2D eigenvalue weighted by atomic mass is 9.91. The average molecular weight is 187 g/mol. The monoisotopic (exact) mass is 187 g/mol. The zero-order valence-corrected chi connectivity index (χ0v) is 8.52. The maximum absolute atomic E-state index is 4.18. The molecule has 1 nitrogen and oxygen atoms in total. The molecule has 0 aromatic carbocycles. The van der Waals surface area contributed by atoms with Crippen molar-refractivity contribution in [1.82, 2.24) is 4.98 Å². The van der Waals surface area contributed by atoms with Crippen molar-refractivity contribution in [3.8, 4) is 0 Å². The fraction of sp³-hybridized carbons (Fsp3) is 0.462. The minimum atomic E-state index is 0.601. The molecule has 0 radical (unpaired) electrons. The van der Waals surface area contributed by atoms with Crippen molar-refractivity contribution in [3.63, 3.8) is 0 Å². The standard InChI is InChI=1S/C13H17N/c1-2-4-7-12(8-5-3-1)13-9-6-10-14-11-13/h4,6-7,9-12H,1-3,5,8H2/b7-4-. The van der Waals surface area contributed by atoms with E-state index in [1.807, 2.05) is 18.5 Å². The summed E-state index contributed by atoms with van der Waals surface area (Å²) >= 11 is 0. The van der Waals surface area contributed by atoms with E-state index in [2.05, 4.69) is 23.2 Å². The molecule has 1 atom stereocenters. The van der Waals surface area contributed by atoms with E-state index in [0.29, 0.717) is 5.92 Å². The molecule has 1 heterocycles. The molecule has 1 heteroatoms. The van der Waals surface area contributed by atoms with Crippen molar-refractivity contribution in [2.45, 2.75) is 38.0 Å². The third-order valence-electron chi connectivity index (χ3n) is 2.87. The zero-order chi connectivity index (χ0) is 9.64. The molecule has 0 fully saturated rings. The van der Waals surface area contributed by atoms with Gasteiger partial charge in [-0.2, -0.15) is 0 Å². The largest absolute Gasteiger partial charge is 0.264 e. The second-order valence-electron chi connectivity index (χ2n) is 3.96. The molecule has 1 unspecified atom stereocenters. The van der Waals surface area contributed by atoms with Crippen LogP contribution in [-0.2, 0) is 0 Å². The first-order valence-corrected chi connectivity index (χ1v) is 5.53. The first kappa shape index (κ1) is 9.45. The van der Waals surface area contributed by atoms with Crippen LogP contribution in [0.1, 0.15) is 43.6 Å². The van der Waals surface area contributed by atoms with Crippen LogP contribution >= 0.6 is 0 Å². The van der Waals surface area contributed by atoms with Gasteiger partial charge in [-0.05, 0) is 30.9 Å². The van der Waals surface area contributed by atoms with E-state index in [0.717, 1.165) is 0 Å². The van der Waals surface area contributed by atoms with Gasteiger partial charge in [0.05, 0.1) is 0 Å². The summed E-state index contributed by atoms with van der Waals surface area (Å²) < 4.78 is 0. The normalized spacial score (nSPS) is 25.0. The lowest BCUT2D eigenvalue weighted by molar-refractivity contribution is 0.597. The smallest absolute Gasteiger partial charge is 0.0305 e. The number of rotatable bonds is 1. The quantitative estimate of drug-likeness (QED) is 0.611. The van der Waals surface area contributed by atoms with E-state index in [9.17, 15) is 0 Å². The number of hydrogen-bond acceptors (Lipinski definition) is 1. The third-order valence-corrected chi connectivity index (χ3v) is 2.87. The Morgan fingerprint density at radius 3 is 3.07 bits per heavy atom. The maximum Gasteiger partial charge on any atom is 0.0305 e. The fourth-order valence-corrected chi connectivity index (χ4v) is 2.03. The third kappa shape index (κ3) is 2.44. The van der Waals surface area contributed by atoms with Gasteiger partial charge in [0, 0.05) is 18.3 Å². The molecule has 1 aromatic rings. The van der Waals surface area contributed by atoms with Crippen LogP contribution in [-0.4, -0.2) is 4.98 Å². The highest BCUT2D eigenvalue weighted by Gasteiger charge is 2.08. The summed E-state index contributed by atoms with van der Waals surface area (Å²) in [6.45, 7) is 0. The summed E-state index contributed by atoms with van der Waals surface area (Å²) in [5.41, 5.74) is 1.37. The van der Waals surface area contributed by atoms with Gasteiger partial charge in [-0.15, -0.1) is 0 Å². The minimum Gasteiger partial charge on any atom is -0.264 e. The van der Waals surface area contributed by atoms with Crippen molar-refractivity contribution in [2.75, 3.05) is 0 Å². The summed E-state index contributed by atoms with van der Waals surface area (Å²) in [5.74, 6) is 0.601. The van der Waals surface area contributed by atoms with Gasteiger partial charge in [0.15, 0.2) is 0 Å². The first-order valence-electron chi connectivity index (χ1n) is 5.53. The Morgan fingerprint density at radius 1 is 1.21 bits per heavy atom. The van der Waals surface area contributed by atoms with Crippen LogP contribution in [0.2, 0.25) is 0 Å². The Morgan fingerprint density at radius 2 is 2.21 bits per heavy atom. The molecule has 1 aliphatic rings. The van der Waals surface area contributed by atoms with Gasteiger partial charge in [0.1, 0.15) is 0 Å². The SMILES string of the molecule is C1=C\C(c2cccnc2)CCCCC/1. The molecular formula is C13H17N. The number of pyridine rings is 1. The number of aromatic nitrogens is 1. The Balaban J connectivity index is 2.12. The molecule has 74 valence electrons. The molecule has 0 N–H and O–H groups in total. The van der Waals surface area contributed by atoms with Crippen LogP contribution in [0.25, 0.3) is 0 Å². The van der Waals surface area contributed by atoms with Crippen LogP contribution in [0, 0.1) is 0 Å². The van der Waals surface area contributed by atoms with E-state index in [4.69, 9.17) is 0 Å². The molecule has 0 aliphatic heterocycles. The molecule has 2 rings (SSSR count). The Kier molecular flexibility index (Phi) is 3.33. The minimum absolute atomic E-state index is 0.601. The van der Waals surface area contributed by atoms with Crippen molar-refractivity contribution >= 4 is 0 Å². The molecule has 0 saturated heterocycles. The summed E-state index contributed by atoms with van der Waals surface area (Å²) in [5, 5.41) is 0. The molecule has 1 aromatic heterocycles. The van der Waals surface area contributed by atoms with Crippen LogP contribution in [0.4, 0.5) is 0 Å². The van der Waals surface area contributed by atoms with Crippen molar-refractivity contribution in [3.05, 3.63) is 42.2 Å². The maximum atomic E-state index is 4.18. The summed E-state index contributed by atoms with van der Waals surface area (Å²) in [7, 11) is 0. The number of allylic oxidation sites excluding steroid dienone is 2. The van der Waals surface area contributed by atoms with Gasteiger partial charge in [-0.3, -0.25) is 4.98 Å². The summed E-state index contributed by atoms with van der Waals surface area (Å²) in [6.07, 6.45) is 15.1. The van der Waals surface area contributed by atoms with E-state index in [1.165, 1.54) is 37.7 Å². The molecule has 14 heavy (non-hydrogen) atoms. The van der Waals surface area contributed by atoms with Crippen LogP contribution in [0.15, 0.2) is 36.7 Å². The lowest BCUT2D eigenvalue weighted by Gasteiger charge is -2.14. The van der Waals surface area contributed by atoms with Gasteiger partial charge >= 0.3 is 0 Å². The predicted octanol–water partition coefficient (Wildman–Crippen LogP) is 3.69. The molecule has 0 bridgehead atoms. The van der Waals surface area contributed by atoms with E-state index in [1.54, 1.807) is 0 Å². The van der Waals surface area contributed by atoms with Gasteiger partial charge in [-0.1, -0.05) is 31.1 Å². The highest BCUT2D eigenvalue weighted by Crippen LogP contribution is 2.25. The molecular weight excluding hydrogens is 170 g/mol. The Bertz CT molecular complexity index is 289. The molecule has 1 aliphatic carbocycles. The topological polar surface area (TPSA) is 12.9 Å². The van der Waals surface area contributed by atoms with E-state index >= 15 is 0 Å².